The Bertz CT molecular complexity index is 380. The third-order valence-electron chi connectivity index (χ3n) is 2.12. The standard InChI is InChI=1S/C13H18FNO/c1-9(14)10-7-5-6-8-11(10)12(16)15-13(2,3)4/h5-9H,1-4H3,(H,15,16). The second kappa shape index (κ2) is 4.64. The summed E-state index contributed by atoms with van der Waals surface area (Å²) in [4.78, 5) is 11.9. The fourth-order valence-electron chi connectivity index (χ4n) is 1.46. The van der Waals surface area contributed by atoms with Gasteiger partial charge in [0.25, 0.3) is 5.91 Å². The van der Waals surface area contributed by atoms with Crippen molar-refractivity contribution >= 4 is 5.91 Å². The summed E-state index contributed by atoms with van der Waals surface area (Å²) in [5.74, 6) is -0.229. The van der Waals surface area contributed by atoms with Crippen molar-refractivity contribution in [3.8, 4) is 0 Å². The number of rotatable bonds is 2. The zero-order chi connectivity index (χ0) is 12.3. The van der Waals surface area contributed by atoms with Crippen LogP contribution in [0.15, 0.2) is 24.3 Å². The molecule has 3 heteroatoms. The Morgan fingerprint density at radius 2 is 1.88 bits per heavy atom. The molecule has 2 nitrogen and oxygen atoms in total. The van der Waals surface area contributed by atoms with E-state index in [1.54, 1.807) is 24.3 Å². The summed E-state index contributed by atoms with van der Waals surface area (Å²) >= 11 is 0. The Balaban J connectivity index is 3.00. The number of amides is 1. The van der Waals surface area contributed by atoms with Crippen LogP contribution >= 0.6 is 0 Å². The number of hydrogen-bond donors (Lipinski definition) is 1. The number of alkyl halides is 1. The largest absolute Gasteiger partial charge is 0.347 e. The second-order valence-electron chi connectivity index (χ2n) is 4.91. The Kier molecular flexibility index (Phi) is 3.68. The molecule has 0 fully saturated rings. The Morgan fingerprint density at radius 3 is 2.38 bits per heavy atom. The highest BCUT2D eigenvalue weighted by Gasteiger charge is 2.19. The number of hydrogen-bond acceptors (Lipinski definition) is 1. The van der Waals surface area contributed by atoms with Crippen LogP contribution in [0.5, 0.6) is 0 Å². The average Bonchev–Trinajstić information content (AvgIpc) is 2.15. The van der Waals surface area contributed by atoms with Gasteiger partial charge in [0.05, 0.1) is 0 Å². The molecule has 16 heavy (non-hydrogen) atoms. The highest BCUT2D eigenvalue weighted by molar-refractivity contribution is 5.96. The summed E-state index contributed by atoms with van der Waals surface area (Å²) in [5.41, 5.74) is 0.528. The monoisotopic (exact) mass is 223 g/mol. The number of halogens is 1. The summed E-state index contributed by atoms with van der Waals surface area (Å²) < 4.78 is 13.3. The molecule has 1 atom stereocenters. The first kappa shape index (κ1) is 12.7. The fraction of sp³-hybridized carbons (Fsp3) is 0.462. The summed E-state index contributed by atoms with van der Waals surface area (Å²) in [6.07, 6.45) is -1.14. The van der Waals surface area contributed by atoms with Crippen LogP contribution in [0.1, 0.15) is 49.8 Å². The van der Waals surface area contributed by atoms with E-state index in [0.717, 1.165) is 0 Å². The maximum Gasteiger partial charge on any atom is 0.252 e. The van der Waals surface area contributed by atoms with Crippen LogP contribution in [0.4, 0.5) is 4.39 Å². The quantitative estimate of drug-likeness (QED) is 0.819. The first-order chi connectivity index (χ1) is 7.31. The van der Waals surface area contributed by atoms with E-state index in [2.05, 4.69) is 5.32 Å². The molecule has 0 bridgehead atoms. The maximum atomic E-state index is 13.3. The summed E-state index contributed by atoms with van der Waals surface area (Å²) in [7, 11) is 0. The number of nitrogens with one attached hydrogen (secondary N) is 1. The maximum absolute atomic E-state index is 13.3. The van der Waals surface area contributed by atoms with Crippen LogP contribution in [0, 0.1) is 0 Å². The molecule has 0 aliphatic heterocycles. The molecular formula is C13H18FNO. The van der Waals surface area contributed by atoms with E-state index in [4.69, 9.17) is 0 Å². The molecule has 0 aromatic heterocycles. The highest BCUT2D eigenvalue weighted by Crippen LogP contribution is 2.21. The van der Waals surface area contributed by atoms with Gasteiger partial charge in [-0.1, -0.05) is 18.2 Å². The second-order valence-corrected chi connectivity index (χ2v) is 4.91. The minimum atomic E-state index is -1.14. The first-order valence-corrected chi connectivity index (χ1v) is 5.37. The van der Waals surface area contributed by atoms with Crippen LogP contribution in [0.2, 0.25) is 0 Å². The smallest absolute Gasteiger partial charge is 0.252 e. The molecule has 0 heterocycles. The SMILES string of the molecule is CC(F)c1ccccc1C(=O)NC(C)(C)C. The van der Waals surface area contributed by atoms with E-state index in [0.29, 0.717) is 11.1 Å². The van der Waals surface area contributed by atoms with Gasteiger partial charge < -0.3 is 5.32 Å². The van der Waals surface area contributed by atoms with Gasteiger partial charge in [-0.2, -0.15) is 0 Å². The molecule has 0 aliphatic rings. The van der Waals surface area contributed by atoms with Gasteiger partial charge in [-0.3, -0.25) is 4.79 Å². The summed E-state index contributed by atoms with van der Waals surface area (Å²) in [6, 6.07) is 6.76. The molecule has 1 aromatic carbocycles. The van der Waals surface area contributed by atoms with Crippen molar-refractivity contribution in [2.45, 2.75) is 39.4 Å². The number of carbonyl (C=O) groups is 1. The molecule has 1 unspecified atom stereocenters. The lowest BCUT2D eigenvalue weighted by molar-refractivity contribution is 0.0916. The van der Waals surface area contributed by atoms with E-state index in [-0.39, 0.29) is 11.4 Å². The van der Waals surface area contributed by atoms with Gasteiger partial charge in [-0.05, 0) is 39.3 Å². The number of carbonyl (C=O) groups excluding carboxylic acids is 1. The molecule has 1 amide bonds. The van der Waals surface area contributed by atoms with Crippen LogP contribution in [0.25, 0.3) is 0 Å². The van der Waals surface area contributed by atoms with Crippen molar-refractivity contribution in [3.05, 3.63) is 35.4 Å². The van der Waals surface area contributed by atoms with E-state index in [1.165, 1.54) is 6.92 Å². The van der Waals surface area contributed by atoms with E-state index >= 15 is 0 Å². The van der Waals surface area contributed by atoms with Crippen molar-refractivity contribution < 1.29 is 9.18 Å². The van der Waals surface area contributed by atoms with Crippen molar-refractivity contribution in [3.63, 3.8) is 0 Å². The lowest BCUT2D eigenvalue weighted by Gasteiger charge is -2.21. The zero-order valence-corrected chi connectivity index (χ0v) is 10.2. The third kappa shape index (κ3) is 3.33. The van der Waals surface area contributed by atoms with Gasteiger partial charge >= 0.3 is 0 Å². The van der Waals surface area contributed by atoms with Gasteiger partial charge in [0.1, 0.15) is 6.17 Å². The van der Waals surface area contributed by atoms with Crippen molar-refractivity contribution in [1.29, 1.82) is 0 Å². The minimum absolute atomic E-state index is 0.229. The van der Waals surface area contributed by atoms with E-state index in [1.807, 2.05) is 20.8 Å². The Labute approximate surface area is 95.9 Å². The summed E-state index contributed by atoms with van der Waals surface area (Å²) in [6.45, 7) is 7.12. The Morgan fingerprint density at radius 1 is 1.31 bits per heavy atom. The summed E-state index contributed by atoms with van der Waals surface area (Å²) in [5, 5.41) is 2.83. The van der Waals surface area contributed by atoms with Gasteiger partial charge in [-0.15, -0.1) is 0 Å². The highest BCUT2D eigenvalue weighted by atomic mass is 19.1. The molecule has 0 saturated heterocycles. The van der Waals surface area contributed by atoms with Gasteiger partial charge in [0.15, 0.2) is 0 Å². The van der Waals surface area contributed by atoms with Crippen LogP contribution in [0.3, 0.4) is 0 Å². The first-order valence-electron chi connectivity index (χ1n) is 5.37. The molecule has 88 valence electrons. The predicted octanol–water partition coefficient (Wildman–Crippen LogP) is 3.25. The molecule has 1 aromatic rings. The van der Waals surface area contributed by atoms with Crippen molar-refractivity contribution in [2.24, 2.45) is 0 Å². The lowest BCUT2D eigenvalue weighted by Crippen LogP contribution is -2.40. The van der Waals surface area contributed by atoms with Crippen LogP contribution in [-0.4, -0.2) is 11.4 Å². The average molecular weight is 223 g/mol. The third-order valence-corrected chi connectivity index (χ3v) is 2.12. The van der Waals surface area contributed by atoms with Gasteiger partial charge in [-0.25, -0.2) is 4.39 Å². The molecule has 1 rings (SSSR count). The zero-order valence-electron chi connectivity index (χ0n) is 10.2. The molecule has 0 aliphatic carbocycles. The molecular weight excluding hydrogens is 205 g/mol. The predicted molar refractivity (Wildman–Crippen MR) is 63.2 cm³/mol. The lowest BCUT2D eigenvalue weighted by atomic mass is 10.0. The normalized spacial score (nSPS) is 13.3. The van der Waals surface area contributed by atoms with Crippen molar-refractivity contribution in [2.75, 3.05) is 0 Å². The molecule has 0 saturated carbocycles. The number of benzene rings is 1. The topological polar surface area (TPSA) is 29.1 Å². The molecule has 0 spiro atoms. The Hall–Kier alpha value is -1.38. The van der Waals surface area contributed by atoms with Gasteiger partial charge in [0.2, 0.25) is 0 Å². The van der Waals surface area contributed by atoms with E-state index < -0.39 is 6.17 Å². The van der Waals surface area contributed by atoms with Gasteiger partial charge in [0, 0.05) is 11.1 Å². The van der Waals surface area contributed by atoms with E-state index in [9.17, 15) is 9.18 Å². The minimum Gasteiger partial charge on any atom is -0.347 e. The fourth-order valence-corrected chi connectivity index (χ4v) is 1.46. The molecule has 0 radical (unpaired) electrons. The molecule has 1 N–H and O–H groups in total. The van der Waals surface area contributed by atoms with Crippen LogP contribution < -0.4 is 5.32 Å². The van der Waals surface area contributed by atoms with Crippen molar-refractivity contribution in [1.82, 2.24) is 5.32 Å². The van der Waals surface area contributed by atoms with Crippen LogP contribution in [-0.2, 0) is 0 Å².